The number of rotatable bonds is 28. The molecule has 0 unspecified atom stereocenters. The Morgan fingerprint density at radius 1 is 0.278 bits per heavy atom. The van der Waals surface area contributed by atoms with E-state index in [0.29, 0.717) is 0 Å². The van der Waals surface area contributed by atoms with E-state index in [1.165, 1.54) is 178 Å². The minimum Gasteiger partial charge on any atom is -0.415 e. The molecule has 1 saturated heterocycles. The van der Waals surface area contributed by atoms with Gasteiger partial charge in [0, 0.05) is 0 Å². The van der Waals surface area contributed by atoms with Crippen LogP contribution in [-0.2, 0) is 8.23 Å². The Morgan fingerprint density at radius 3 is 0.694 bits per heavy atom. The Morgan fingerprint density at radius 2 is 0.472 bits per heavy atom. The van der Waals surface area contributed by atoms with Crippen molar-refractivity contribution in [2.24, 2.45) is 0 Å². The molecular weight excluding hydrogens is 473 g/mol. The van der Waals surface area contributed by atoms with Crippen molar-refractivity contribution in [1.82, 2.24) is 0 Å². The van der Waals surface area contributed by atoms with Crippen LogP contribution in [0.4, 0.5) is 0 Å². The van der Waals surface area contributed by atoms with Crippen LogP contribution in [0.1, 0.15) is 182 Å². The summed E-state index contributed by atoms with van der Waals surface area (Å²) in [6, 6.07) is 5.15. The van der Waals surface area contributed by atoms with Crippen LogP contribution >= 0.6 is 0 Å². The molecule has 1 aliphatic heterocycles. The van der Waals surface area contributed by atoms with Gasteiger partial charge >= 0.3 is 17.1 Å². The summed E-state index contributed by atoms with van der Waals surface area (Å²) in [5, 5.41) is 0. The molecule has 0 saturated carbocycles. The highest BCUT2D eigenvalue weighted by molar-refractivity contribution is 6.94. The van der Waals surface area contributed by atoms with E-state index in [9.17, 15) is 0 Å². The van der Waals surface area contributed by atoms with Gasteiger partial charge in [-0.25, -0.2) is 0 Å². The standard InChI is InChI=1S/C32H68O2Si2/c1-5-9-13-17-21-25-29-35(30-26-22-18-14-10-6-2)33-36(34-35,31-27-23-19-15-11-7-3)32-28-24-20-16-12-8-4/h5-32H2,1-4H3. The number of unbranched alkanes of at least 4 members (excludes halogenated alkanes) is 20. The smallest absolute Gasteiger partial charge is 0.320 e. The van der Waals surface area contributed by atoms with Crippen molar-refractivity contribution in [2.75, 3.05) is 0 Å². The van der Waals surface area contributed by atoms with E-state index in [0.717, 1.165) is 0 Å². The second kappa shape index (κ2) is 23.3. The van der Waals surface area contributed by atoms with E-state index in [1.54, 1.807) is 0 Å². The molecule has 2 nitrogen and oxygen atoms in total. The van der Waals surface area contributed by atoms with Crippen LogP contribution in [0.5, 0.6) is 0 Å². The fourth-order valence-corrected chi connectivity index (χ4v) is 18.4. The van der Waals surface area contributed by atoms with Crippen LogP contribution in [0.25, 0.3) is 0 Å². The van der Waals surface area contributed by atoms with E-state index >= 15 is 0 Å². The van der Waals surface area contributed by atoms with Gasteiger partial charge < -0.3 is 8.23 Å². The molecule has 1 fully saturated rings. The third-order valence-electron chi connectivity index (χ3n) is 8.39. The summed E-state index contributed by atoms with van der Waals surface area (Å²) in [6.07, 6.45) is 33.2. The monoisotopic (exact) mass is 540 g/mol. The molecule has 0 bridgehead atoms. The van der Waals surface area contributed by atoms with Crippen molar-refractivity contribution in [3.63, 3.8) is 0 Å². The van der Waals surface area contributed by atoms with E-state index in [4.69, 9.17) is 8.23 Å². The van der Waals surface area contributed by atoms with Crippen LogP contribution in [0.2, 0.25) is 24.2 Å². The van der Waals surface area contributed by atoms with Crippen LogP contribution < -0.4 is 0 Å². The lowest BCUT2D eigenvalue weighted by Crippen LogP contribution is -2.70. The third-order valence-corrected chi connectivity index (χ3v) is 18.8. The Labute approximate surface area is 231 Å². The van der Waals surface area contributed by atoms with Crippen molar-refractivity contribution >= 4 is 17.1 Å². The molecular formula is C32H68O2Si2. The van der Waals surface area contributed by atoms with Crippen LogP contribution in [0.3, 0.4) is 0 Å². The van der Waals surface area contributed by atoms with Gasteiger partial charge in [-0.05, 0) is 24.2 Å². The lowest BCUT2D eigenvalue weighted by molar-refractivity contribution is 0.200. The van der Waals surface area contributed by atoms with Gasteiger partial charge in [-0.2, -0.15) is 0 Å². The molecule has 0 aromatic rings. The van der Waals surface area contributed by atoms with E-state index in [1.807, 2.05) is 0 Å². The lowest BCUT2D eigenvalue weighted by atomic mass is 10.1. The van der Waals surface area contributed by atoms with Crippen molar-refractivity contribution in [1.29, 1.82) is 0 Å². The molecule has 1 aliphatic rings. The second-order valence-electron chi connectivity index (χ2n) is 12.1. The van der Waals surface area contributed by atoms with Gasteiger partial charge in [0.2, 0.25) is 0 Å². The SMILES string of the molecule is CCCCCCCC[Si]1(CCCCCCCC)O[Si](CCCCCCCC)(CCCCCCCC)O1. The molecule has 0 spiro atoms. The number of hydrogen-bond acceptors (Lipinski definition) is 2. The zero-order valence-corrected chi connectivity index (χ0v) is 27.6. The quantitative estimate of drug-likeness (QED) is 0.0725. The minimum atomic E-state index is -1.92. The highest BCUT2D eigenvalue weighted by Crippen LogP contribution is 2.45. The average Bonchev–Trinajstić information content (AvgIpc) is 2.86. The van der Waals surface area contributed by atoms with E-state index in [-0.39, 0.29) is 0 Å². The predicted molar refractivity (Wildman–Crippen MR) is 166 cm³/mol. The van der Waals surface area contributed by atoms with Gasteiger partial charge in [-0.1, -0.05) is 182 Å². The summed E-state index contributed by atoms with van der Waals surface area (Å²) in [4.78, 5) is 0. The summed E-state index contributed by atoms with van der Waals surface area (Å²) in [5.41, 5.74) is 0. The van der Waals surface area contributed by atoms with Crippen molar-refractivity contribution < 1.29 is 8.23 Å². The highest BCUT2D eigenvalue weighted by atomic mass is 28.5. The summed E-state index contributed by atoms with van der Waals surface area (Å²) in [6.45, 7) is 9.26. The van der Waals surface area contributed by atoms with Gasteiger partial charge in [-0.3, -0.25) is 0 Å². The highest BCUT2D eigenvalue weighted by Gasteiger charge is 2.60. The number of hydrogen-bond donors (Lipinski definition) is 0. The fourth-order valence-electron chi connectivity index (χ4n) is 6.04. The molecule has 0 aromatic heterocycles. The lowest BCUT2D eigenvalue weighted by Gasteiger charge is -2.54. The van der Waals surface area contributed by atoms with Crippen LogP contribution in [0, 0.1) is 0 Å². The maximum Gasteiger partial charge on any atom is 0.320 e. The zero-order valence-electron chi connectivity index (χ0n) is 25.6. The summed E-state index contributed by atoms with van der Waals surface area (Å²) in [7, 11) is -3.83. The van der Waals surface area contributed by atoms with Gasteiger partial charge in [-0.15, -0.1) is 0 Å². The van der Waals surface area contributed by atoms with Crippen molar-refractivity contribution in [2.45, 2.75) is 206 Å². The predicted octanol–water partition coefficient (Wildman–Crippen LogP) is 12.4. The molecule has 1 rings (SSSR count). The summed E-state index contributed by atoms with van der Waals surface area (Å²) in [5.74, 6) is 0. The fraction of sp³-hybridized carbons (Fsp3) is 1.00. The van der Waals surface area contributed by atoms with Crippen LogP contribution in [-0.4, -0.2) is 17.1 Å². The average molecular weight is 541 g/mol. The molecule has 0 aromatic carbocycles. The van der Waals surface area contributed by atoms with Gasteiger partial charge in [0.05, 0.1) is 0 Å². The Kier molecular flexibility index (Phi) is 22.2. The first-order valence-corrected chi connectivity index (χ1v) is 21.5. The first kappa shape index (κ1) is 34.4. The summed E-state index contributed by atoms with van der Waals surface area (Å²) >= 11 is 0. The molecule has 0 aliphatic carbocycles. The first-order chi connectivity index (χ1) is 17.7. The van der Waals surface area contributed by atoms with Crippen molar-refractivity contribution in [3.8, 4) is 0 Å². The molecule has 0 radical (unpaired) electrons. The second-order valence-corrected chi connectivity index (χ2v) is 19.4. The molecule has 1 heterocycles. The van der Waals surface area contributed by atoms with Gasteiger partial charge in [0.1, 0.15) is 0 Å². The minimum absolute atomic E-state index is 1.29. The summed E-state index contributed by atoms with van der Waals surface area (Å²) < 4.78 is 14.6. The molecule has 216 valence electrons. The Balaban J connectivity index is 2.59. The molecule has 0 amide bonds. The zero-order chi connectivity index (χ0) is 26.2. The molecule has 4 heteroatoms. The topological polar surface area (TPSA) is 18.5 Å². The molecule has 36 heavy (non-hydrogen) atoms. The Hall–Kier alpha value is 0.354. The molecule has 0 N–H and O–H groups in total. The van der Waals surface area contributed by atoms with E-state index in [2.05, 4.69) is 27.7 Å². The maximum absolute atomic E-state index is 7.28. The third kappa shape index (κ3) is 16.3. The van der Waals surface area contributed by atoms with Gasteiger partial charge in [0.15, 0.2) is 0 Å². The van der Waals surface area contributed by atoms with Gasteiger partial charge in [0.25, 0.3) is 0 Å². The normalized spacial score (nSPS) is 16.3. The van der Waals surface area contributed by atoms with Crippen molar-refractivity contribution in [3.05, 3.63) is 0 Å². The van der Waals surface area contributed by atoms with Crippen LogP contribution in [0.15, 0.2) is 0 Å². The largest absolute Gasteiger partial charge is 0.415 e. The maximum atomic E-state index is 7.28. The first-order valence-electron chi connectivity index (χ1n) is 17.1. The van der Waals surface area contributed by atoms with E-state index < -0.39 is 17.1 Å². The Bertz CT molecular complexity index is 389. The molecule has 0 atom stereocenters.